The molecule has 3 rings (SSSR count). The van der Waals surface area contributed by atoms with Gasteiger partial charge in [-0.05, 0) is 55.8 Å². The molecule has 6 nitrogen and oxygen atoms in total. The molecule has 0 bridgehead atoms. The number of hydrogen-bond acceptors (Lipinski definition) is 4. The largest absolute Gasteiger partial charge is 0.447 e. The first-order valence-electron chi connectivity index (χ1n) is 9.16. The number of nitrogens with one attached hydrogen (secondary N) is 1. The molecule has 0 spiro atoms. The number of cyclic esters (lactones) is 1. The van der Waals surface area contributed by atoms with Gasteiger partial charge in [-0.3, -0.25) is 9.69 Å². The van der Waals surface area contributed by atoms with Gasteiger partial charge in [-0.25, -0.2) is 4.79 Å². The van der Waals surface area contributed by atoms with E-state index in [4.69, 9.17) is 4.74 Å². The third kappa shape index (κ3) is 4.22. The average Bonchev–Trinajstić information content (AvgIpc) is 3.13. The monoisotopic (exact) mass is 367 g/mol. The molecule has 0 saturated carbocycles. The molecule has 1 N–H and O–H groups in total. The molecular formula is C21H25N3O3. The van der Waals surface area contributed by atoms with E-state index in [1.165, 1.54) is 0 Å². The van der Waals surface area contributed by atoms with Gasteiger partial charge in [-0.2, -0.15) is 0 Å². The smallest absolute Gasteiger partial charge is 0.414 e. The Hall–Kier alpha value is -3.02. The Morgan fingerprint density at radius 3 is 2.63 bits per heavy atom. The van der Waals surface area contributed by atoms with Crippen molar-refractivity contribution in [2.75, 3.05) is 36.5 Å². The van der Waals surface area contributed by atoms with Crippen molar-refractivity contribution in [3.63, 3.8) is 0 Å². The van der Waals surface area contributed by atoms with Crippen LogP contribution in [0.1, 0.15) is 35.8 Å². The zero-order valence-electron chi connectivity index (χ0n) is 15.9. The number of amides is 2. The molecule has 1 unspecified atom stereocenters. The van der Waals surface area contributed by atoms with Crippen molar-refractivity contribution in [1.82, 2.24) is 5.32 Å². The summed E-state index contributed by atoms with van der Waals surface area (Å²) in [6, 6.07) is 15.0. The molecule has 0 aromatic heterocycles. The summed E-state index contributed by atoms with van der Waals surface area (Å²) in [6.45, 7) is 5.86. The lowest BCUT2D eigenvalue weighted by Crippen LogP contribution is -2.27. The van der Waals surface area contributed by atoms with Crippen LogP contribution in [0.4, 0.5) is 16.2 Å². The lowest BCUT2D eigenvalue weighted by molar-refractivity contribution is 0.0940. The van der Waals surface area contributed by atoms with Crippen molar-refractivity contribution in [1.29, 1.82) is 0 Å². The lowest BCUT2D eigenvalue weighted by atomic mass is 10.1. The minimum absolute atomic E-state index is 0.126. The van der Waals surface area contributed by atoms with Crippen LogP contribution in [-0.4, -0.2) is 38.7 Å². The van der Waals surface area contributed by atoms with Gasteiger partial charge in [0.25, 0.3) is 5.91 Å². The van der Waals surface area contributed by atoms with Crippen LogP contribution in [0, 0.1) is 0 Å². The van der Waals surface area contributed by atoms with Crippen LogP contribution >= 0.6 is 0 Å². The van der Waals surface area contributed by atoms with Gasteiger partial charge in [0.05, 0.1) is 12.6 Å². The maximum Gasteiger partial charge on any atom is 0.414 e. The minimum Gasteiger partial charge on any atom is -0.447 e. The van der Waals surface area contributed by atoms with Gasteiger partial charge in [-0.1, -0.05) is 12.1 Å². The molecule has 6 heteroatoms. The fourth-order valence-corrected chi connectivity index (χ4v) is 3.00. The molecule has 1 fully saturated rings. The molecule has 0 aliphatic carbocycles. The van der Waals surface area contributed by atoms with Crippen LogP contribution < -0.4 is 15.1 Å². The van der Waals surface area contributed by atoms with Crippen LogP contribution in [0.2, 0.25) is 0 Å². The van der Waals surface area contributed by atoms with Crippen molar-refractivity contribution in [3.8, 4) is 0 Å². The van der Waals surface area contributed by atoms with Gasteiger partial charge in [-0.15, -0.1) is 0 Å². The van der Waals surface area contributed by atoms with Crippen molar-refractivity contribution in [3.05, 3.63) is 59.7 Å². The molecule has 1 saturated heterocycles. The van der Waals surface area contributed by atoms with Crippen molar-refractivity contribution < 1.29 is 14.3 Å². The van der Waals surface area contributed by atoms with E-state index >= 15 is 0 Å². The van der Waals surface area contributed by atoms with E-state index in [2.05, 4.69) is 17.1 Å². The normalized spacial score (nSPS) is 14.6. The first kappa shape index (κ1) is 18.8. The highest BCUT2D eigenvalue weighted by atomic mass is 16.6. The molecule has 2 aromatic carbocycles. The van der Waals surface area contributed by atoms with Gasteiger partial charge in [0.15, 0.2) is 0 Å². The fraction of sp³-hybridized carbons (Fsp3) is 0.333. The molecular weight excluding hydrogens is 342 g/mol. The Morgan fingerprint density at radius 2 is 2.00 bits per heavy atom. The van der Waals surface area contributed by atoms with Gasteiger partial charge < -0.3 is 15.0 Å². The van der Waals surface area contributed by atoms with Crippen LogP contribution in [0.5, 0.6) is 0 Å². The molecule has 27 heavy (non-hydrogen) atoms. The molecule has 2 amide bonds. The zero-order valence-corrected chi connectivity index (χ0v) is 15.9. The van der Waals surface area contributed by atoms with Crippen molar-refractivity contribution in [2.45, 2.75) is 19.9 Å². The summed E-state index contributed by atoms with van der Waals surface area (Å²) < 4.78 is 4.99. The number of ether oxygens (including phenoxy) is 1. The second-order valence-corrected chi connectivity index (χ2v) is 6.62. The maximum absolute atomic E-state index is 12.6. The number of rotatable bonds is 6. The van der Waals surface area contributed by atoms with E-state index in [-0.39, 0.29) is 18.0 Å². The number of hydrogen-bond donors (Lipinski definition) is 1. The summed E-state index contributed by atoms with van der Waals surface area (Å²) in [6.07, 6.45) is -0.332. The first-order valence-corrected chi connectivity index (χ1v) is 9.16. The highest BCUT2D eigenvalue weighted by Gasteiger charge is 2.24. The quantitative estimate of drug-likeness (QED) is 0.848. The average molecular weight is 367 g/mol. The Morgan fingerprint density at radius 1 is 1.26 bits per heavy atom. The van der Waals surface area contributed by atoms with E-state index in [1.54, 1.807) is 4.90 Å². The van der Waals surface area contributed by atoms with Crippen LogP contribution in [-0.2, 0) is 4.74 Å². The van der Waals surface area contributed by atoms with Crippen LogP contribution in [0.25, 0.3) is 0 Å². The van der Waals surface area contributed by atoms with Crippen LogP contribution in [0.3, 0.4) is 0 Å². The Balaban J connectivity index is 1.68. The number of nitrogens with zero attached hydrogens (tertiary/aromatic N) is 2. The number of carbonyl (C=O) groups excluding carboxylic acids is 2. The topological polar surface area (TPSA) is 61.9 Å². The Kier molecular flexibility index (Phi) is 5.64. The predicted molar refractivity (Wildman–Crippen MR) is 106 cm³/mol. The summed E-state index contributed by atoms with van der Waals surface area (Å²) in [4.78, 5) is 28.0. The molecule has 1 atom stereocenters. The summed E-state index contributed by atoms with van der Waals surface area (Å²) in [7, 11) is 2.01. The number of carbonyl (C=O) groups is 2. The fourth-order valence-electron chi connectivity index (χ4n) is 3.00. The third-order valence-corrected chi connectivity index (χ3v) is 4.83. The van der Waals surface area contributed by atoms with Crippen LogP contribution in [0.15, 0.2) is 48.5 Å². The SMILES string of the molecule is CCN(C)c1ccc(C(=O)NC(C)c2cccc(N3CCOC3=O)c2)cc1. The molecule has 1 heterocycles. The minimum atomic E-state index is -0.332. The summed E-state index contributed by atoms with van der Waals surface area (Å²) in [5.74, 6) is -0.126. The van der Waals surface area contributed by atoms with E-state index in [0.717, 1.165) is 23.5 Å². The van der Waals surface area contributed by atoms with E-state index in [0.29, 0.717) is 18.7 Å². The second-order valence-electron chi connectivity index (χ2n) is 6.62. The van der Waals surface area contributed by atoms with E-state index in [9.17, 15) is 9.59 Å². The predicted octanol–water partition coefficient (Wildman–Crippen LogP) is 3.59. The molecule has 1 aliphatic heterocycles. The van der Waals surface area contributed by atoms with Gasteiger partial charge in [0, 0.05) is 30.5 Å². The number of anilines is 2. The third-order valence-electron chi connectivity index (χ3n) is 4.83. The highest BCUT2D eigenvalue weighted by molar-refractivity contribution is 5.95. The molecule has 2 aromatic rings. The summed E-state index contributed by atoms with van der Waals surface area (Å²) in [5.41, 5.74) is 3.41. The lowest BCUT2D eigenvalue weighted by Gasteiger charge is -2.19. The maximum atomic E-state index is 12.6. The molecule has 0 radical (unpaired) electrons. The Labute approximate surface area is 159 Å². The Bertz CT molecular complexity index is 820. The summed E-state index contributed by atoms with van der Waals surface area (Å²) >= 11 is 0. The van der Waals surface area contributed by atoms with Crippen molar-refractivity contribution >= 4 is 23.4 Å². The van der Waals surface area contributed by atoms with Gasteiger partial charge in [0.2, 0.25) is 0 Å². The van der Waals surface area contributed by atoms with Gasteiger partial charge >= 0.3 is 6.09 Å². The zero-order chi connectivity index (χ0) is 19.4. The van der Waals surface area contributed by atoms with E-state index in [1.807, 2.05) is 62.5 Å². The molecule has 1 aliphatic rings. The van der Waals surface area contributed by atoms with Crippen molar-refractivity contribution in [2.24, 2.45) is 0 Å². The summed E-state index contributed by atoms with van der Waals surface area (Å²) in [5, 5.41) is 3.02. The second kappa shape index (κ2) is 8.12. The first-order chi connectivity index (χ1) is 13.0. The highest BCUT2D eigenvalue weighted by Crippen LogP contribution is 2.23. The number of benzene rings is 2. The standard InChI is InChI=1S/C21H25N3O3/c1-4-23(3)18-10-8-16(9-11-18)20(25)22-15(2)17-6-5-7-19(14-17)24-12-13-27-21(24)26/h5-11,14-15H,4,12-13H2,1-3H3,(H,22,25). The van der Waals surface area contributed by atoms with E-state index < -0.39 is 0 Å². The molecule has 142 valence electrons. The van der Waals surface area contributed by atoms with Gasteiger partial charge in [0.1, 0.15) is 6.61 Å².